The van der Waals surface area contributed by atoms with E-state index in [0.29, 0.717) is 10.7 Å². The molecule has 1 amide bonds. The zero-order valence-electron chi connectivity index (χ0n) is 14.7. The standard InChI is InChI=1S/C20H16ClN3O2S/c1-26-20(25)22-13-8-7-12-9-10-24-18(15(12)11-13)23-17(19(24)27-2)14-5-3-4-6-16(14)21/h3-11H,1-2H3,(H,22,25). The summed E-state index contributed by atoms with van der Waals surface area (Å²) < 4.78 is 6.73. The number of hydrogen-bond acceptors (Lipinski definition) is 4. The van der Waals surface area contributed by atoms with Gasteiger partial charge in [-0.1, -0.05) is 35.9 Å². The molecule has 5 nitrogen and oxygen atoms in total. The van der Waals surface area contributed by atoms with Crippen LogP contribution < -0.4 is 5.32 Å². The largest absolute Gasteiger partial charge is 0.453 e. The van der Waals surface area contributed by atoms with E-state index in [1.165, 1.54) is 7.11 Å². The second kappa shape index (κ2) is 7.13. The summed E-state index contributed by atoms with van der Waals surface area (Å²) in [6, 6.07) is 15.4. The Morgan fingerprint density at radius 3 is 2.78 bits per heavy atom. The number of imidazole rings is 1. The monoisotopic (exact) mass is 397 g/mol. The number of fused-ring (bicyclic) bond motifs is 3. The van der Waals surface area contributed by atoms with Crippen LogP contribution in [0.3, 0.4) is 0 Å². The van der Waals surface area contributed by atoms with E-state index >= 15 is 0 Å². The number of methoxy groups -OCH3 is 1. The second-order valence-corrected chi connectivity index (χ2v) is 7.08. The van der Waals surface area contributed by atoms with E-state index in [4.69, 9.17) is 16.6 Å². The third kappa shape index (κ3) is 3.11. The fourth-order valence-electron chi connectivity index (χ4n) is 3.07. The van der Waals surface area contributed by atoms with Gasteiger partial charge in [-0.05, 0) is 35.9 Å². The van der Waals surface area contributed by atoms with Crippen LogP contribution in [0.25, 0.3) is 27.7 Å². The third-order valence-electron chi connectivity index (χ3n) is 4.32. The van der Waals surface area contributed by atoms with Crippen LogP contribution in [0.4, 0.5) is 10.5 Å². The highest BCUT2D eigenvalue weighted by atomic mass is 35.5. The van der Waals surface area contributed by atoms with Crippen molar-refractivity contribution in [3.63, 3.8) is 0 Å². The second-order valence-electron chi connectivity index (χ2n) is 5.88. The summed E-state index contributed by atoms with van der Waals surface area (Å²) in [4.78, 5) is 16.4. The Labute approximate surface area is 165 Å². The molecular formula is C20H16ClN3O2S. The maximum Gasteiger partial charge on any atom is 0.411 e. The van der Waals surface area contributed by atoms with Gasteiger partial charge in [-0.25, -0.2) is 9.78 Å². The lowest BCUT2D eigenvalue weighted by Crippen LogP contribution is -2.10. The van der Waals surface area contributed by atoms with E-state index in [1.54, 1.807) is 11.8 Å². The van der Waals surface area contributed by atoms with Gasteiger partial charge in [-0.15, -0.1) is 11.8 Å². The molecule has 2 heterocycles. The Hall–Kier alpha value is -2.70. The van der Waals surface area contributed by atoms with Crippen molar-refractivity contribution in [1.29, 1.82) is 0 Å². The van der Waals surface area contributed by atoms with Gasteiger partial charge >= 0.3 is 6.09 Å². The molecule has 0 spiro atoms. The van der Waals surface area contributed by atoms with Crippen LogP contribution in [0.1, 0.15) is 0 Å². The highest BCUT2D eigenvalue weighted by Crippen LogP contribution is 2.36. The summed E-state index contributed by atoms with van der Waals surface area (Å²) in [5.74, 6) is 0. The van der Waals surface area contributed by atoms with Gasteiger partial charge in [0, 0.05) is 22.8 Å². The molecule has 4 aromatic rings. The first-order valence-corrected chi connectivity index (χ1v) is 9.81. The van der Waals surface area contributed by atoms with E-state index in [9.17, 15) is 4.79 Å². The first-order valence-electron chi connectivity index (χ1n) is 8.21. The van der Waals surface area contributed by atoms with Crippen molar-refractivity contribution in [3.05, 3.63) is 59.8 Å². The fraction of sp³-hybridized carbons (Fsp3) is 0.100. The molecule has 1 N–H and O–H groups in total. The van der Waals surface area contributed by atoms with Gasteiger partial charge in [0.1, 0.15) is 16.4 Å². The summed E-state index contributed by atoms with van der Waals surface area (Å²) in [6.45, 7) is 0. The number of ether oxygens (including phenoxy) is 1. The van der Waals surface area contributed by atoms with Gasteiger partial charge in [-0.3, -0.25) is 9.72 Å². The number of carbonyl (C=O) groups excluding carboxylic acids is 1. The minimum absolute atomic E-state index is 0.508. The summed E-state index contributed by atoms with van der Waals surface area (Å²) >= 11 is 8.03. The lowest BCUT2D eigenvalue weighted by molar-refractivity contribution is 0.187. The molecule has 0 saturated heterocycles. The van der Waals surface area contributed by atoms with E-state index in [0.717, 1.165) is 32.7 Å². The third-order valence-corrected chi connectivity index (χ3v) is 5.43. The van der Waals surface area contributed by atoms with Crippen molar-refractivity contribution in [2.24, 2.45) is 0 Å². The van der Waals surface area contributed by atoms with Crippen LogP contribution in [0, 0.1) is 0 Å². The first kappa shape index (κ1) is 17.7. The number of carbonyl (C=O) groups is 1. The summed E-state index contributed by atoms with van der Waals surface area (Å²) in [5.41, 5.74) is 3.19. The van der Waals surface area contributed by atoms with Crippen molar-refractivity contribution in [2.75, 3.05) is 18.7 Å². The van der Waals surface area contributed by atoms with Gasteiger partial charge in [0.25, 0.3) is 0 Å². The molecule has 0 unspecified atom stereocenters. The molecule has 2 aromatic heterocycles. The lowest BCUT2D eigenvalue weighted by Gasteiger charge is -2.07. The molecule has 0 saturated carbocycles. The Kier molecular flexibility index (Phi) is 4.68. The van der Waals surface area contributed by atoms with E-state index in [1.807, 2.05) is 65.4 Å². The molecule has 7 heteroatoms. The van der Waals surface area contributed by atoms with Gasteiger partial charge in [-0.2, -0.15) is 0 Å². The molecule has 0 aliphatic heterocycles. The van der Waals surface area contributed by atoms with Gasteiger partial charge in [0.15, 0.2) is 0 Å². The quantitative estimate of drug-likeness (QED) is 0.450. The topological polar surface area (TPSA) is 55.6 Å². The van der Waals surface area contributed by atoms with Crippen molar-refractivity contribution >= 4 is 51.6 Å². The lowest BCUT2D eigenvalue weighted by atomic mass is 10.1. The maximum absolute atomic E-state index is 11.5. The predicted octanol–water partition coefficient (Wildman–Crippen LogP) is 5.71. The number of nitrogens with one attached hydrogen (secondary N) is 1. The molecule has 0 aliphatic carbocycles. The maximum atomic E-state index is 11.5. The molecule has 27 heavy (non-hydrogen) atoms. The molecular weight excluding hydrogens is 382 g/mol. The summed E-state index contributed by atoms with van der Waals surface area (Å²) in [6.07, 6.45) is 3.51. The van der Waals surface area contributed by atoms with Gasteiger partial charge in [0.2, 0.25) is 0 Å². The Morgan fingerprint density at radius 1 is 1.22 bits per heavy atom. The first-order chi connectivity index (χ1) is 13.1. The summed E-state index contributed by atoms with van der Waals surface area (Å²) in [7, 11) is 1.34. The number of halogens is 1. The van der Waals surface area contributed by atoms with Crippen LogP contribution in [0.15, 0.2) is 59.8 Å². The number of pyridine rings is 1. The molecule has 0 aliphatic rings. The van der Waals surface area contributed by atoms with E-state index in [2.05, 4.69) is 10.1 Å². The molecule has 0 atom stereocenters. The van der Waals surface area contributed by atoms with Crippen molar-refractivity contribution in [3.8, 4) is 11.3 Å². The predicted molar refractivity (Wildman–Crippen MR) is 111 cm³/mol. The van der Waals surface area contributed by atoms with Crippen LogP contribution in [-0.4, -0.2) is 28.8 Å². The molecule has 136 valence electrons. The zero-order valence-corrected chi connectivity index (χ0v) is 16.3. The van der Waals surface area contributed by atoms with E-state index in [-0.39, 0.29) is 0 Å². The normalized spacial score (nSPS) is 11.1. The Morgan fingerprint density at radius 2 is 2.04 bits per heavy atom. The van der Waals surface area contributed by atoms with Crippen LogP contribution >= 0.6 is 23.4 Å². The molecule has 2 aromatic carbocycles. The van der Waals surface area contributed by atoms with Gasteiger partial charge < -0.3 is 4.74 Å². The minimum Gasteiger partial charge on any atom is -0.453 e. The summed E-state index contributed by atoms with van der Waals surface area (Å²) in [5, 5.41) is 6.33. The smallest absolute Gasteiger partial charge is 0.411 e. The molecule has 0 radical (unpaired) electrons. The molecule has 0 bridgehead atoms. The van der Waals surface area contributed by atoms with Crippen molar-refractivity contribution < 1.29 is 9.53 Å². The number of rotatable bonds is 3. The number of amides is 1. The number of benzene rings is 2. The fourth-order valence-corrected chi connectivity index (χ4v) is 3.98. The average molecular weight is 398 g/mol. The highest BCUT2D eigenvalue weighted by Gasteiger charge is 2.17. The minimum atomic E-state index is -0.508. The van der Waals surface area contributed by atoms with Gasteiger partial charge in [0.05, 0.1) is 12.1 Å². The SMILES string of the molecule is COC(=O)Nc1ccc2ccn3c(SC)c(-c4ccccc4Cl)nc3c2c1. The number of anilines is 1. The van der Waals surface area contributed by atoms with Crippen LogP contribution in [0.5, 0.6) is 0 Å². The number of thioether (sulfide) groups is 1. The van der Waals surface area contributed by atoms with Crippen LogP contribution in [-0.2, 0) is 4.74 Å². The van der Waals surface area contributed by atoms with E-state index < -0.39 is 6.09 Å². The molecule has 4 rings (SSSR count). The molecule has 0 fully saturated rings. The van der Waals surface area contributed by atoms with Crippen molar-refractivity contribution in [2.45, 2.75) is 5.03 Å². The van der Waals surface area contributed by atoms with Crippen LogP contribution in [0.2, 0.25) is 5.02 Å². The highest BCUT2D eigenvalue weighted by molar-refractivity contribution is 7.98. The average Bonchev–Trinajstić information content (AvgIpc) is 3.07. The number of hydrogen-bond donors (Lipinski definition) is 1. The van der Waals surface area contributed by atoms with Crippen molar-refractivity contribution in [1.82, 2.24) is 9.38 Å². The zero-order chi connectivity index (χ0) is 19.0. The number of aromatic nitrogens is 2. The number of nitrogens with zero attached hydrogens (tertiary/aromatic N) is 2. The Balaban J connectivity index is 1.97. The Bertz CT molecular complexity index is 1170.